The van der Waals surface area contributed by atoms with Crippen LogP contribution in [0.1, 0.15) is 0 Å². The molecule has 0 bridgehead atoms. The minimum atomic E-state index is -3.32. The van der Waals surface area contributed by atoms with Gasteiger partial charge >= 0.3 is 0 Å². The molecule has 0 aliphatic carbocycles. The minimum absolute atomic E-state index is 0.151. The van der Waals surface area contributed by atoms with Crippen molar-refractivity contribution in [1.29, 1.82) is 0 Å². The third-order valence-electron chi connectivity index (χ3n) is 2.17. The predicted molar refractivity (Wildman–Crippen MR) is 57.7 cm³/mol. The normalized spacial score (nSPS) is 11.8. The van der Waals surface area contributed by atoms with Crippen LogP contribution in [0, 0.1) is 0 Å². The Hall–Kier alpha value is -1.62. The second-order valence-corrected chi connectivity index (χ2v) is 5.28. The maximum Gasteiger partial charge on any atom is 0.255 e. The Morgan fingerprint density at radius 2 is 1.73 bits per heavy atom. The van der Waals surface area contributed by atoms with Crippen molar-refractivity contribution in [3.8, 4) is 0 Å². The van der Waals surface area contributed by atoms with E-state index in [4.69, 9.17) is 0 Å². The summed E-state index contributed by atoms with van der Waals surface area (Å²) in [5.74, 6) is 0. The Labute approximate surface area is 86.5 Å². The summed E-state index contributed by atoms with van der Waals surface area (Å²) in [5.41, 5.74) is -0.280. The summed E-state index contributed by atoms with van der Waals surface area (Å²) in [4.78, 5) is 14.0. The standard InChI is InChI=1S/C10H9NO3S/c1-15(13,14)9-6-11-10(12)8-5-3-2-4-7(8)9/h2-6H,1H3,(H,11,12). The van der Waals surface area contributed by atoms with Crippen LogP contribution >= 0.6 is 0 Å². The highest BCUT2D eigenvalue weighted by Crippen LogP contribution is 2.18. The summed E-state index contributed by atoms with van der Waals surface area (Å²) in [6.45, 7) is 0. The van der Waals surface area contributed by atoms with Crippen molar-refractivity contribution >= 4 is 20.6 Å². The molecule has 5 heteroatoms. The zero-order chi connectivity index (χ0) is 11.1. The molecule has 0 fully saturated rings. The van der Waals surface area contributed by atoms with E-state index in [1.807, 2.05) is 0 Å². The van der Waals surface area contributed by atoms with Crippen LogP contribution in [-0.2, 0) is 9.84 Å². The van der Waals surface area contributed by atoms with Crippen molar-refractivity contribution in [3.05, 3.63) is 40.8 Å². The van der Waals surface area contributed by atoms with E-state index >= 15 is 0 Å². The number of aromatic amines is 1. The molecule has 0 saturated carbocycles. The number of fused-ring (bicyclic) bond motifs is 1. The molecule has 0 unspecified atom stereocenters. The lowest BCUT2D eigenvalue weighted by Gasteiger charge is -2.02. The van der Waals surface area contributed by atoms with Crippen LogP contribution in [0.15, 0.2) is 40.2 Å². The Bertz CT molecular complexity index is 670. The molecule has 0 amide bonds. The number of pyridine rings is 1. The fourth-order valence-electron chi connectivity index (χ4n) is 1.49. The molecule has 2 aromatic rings. The summed E-state index contributed by atoms with van der Waals surface area (Å²) in [7, 11) is -3.32. The number of nitrogens with one attached hydrogen (secondary N) is 1. The first kappa shape index (κ1) is 9.92. The van der Waals surface area contributed by atoms with Gasteiger partial charge in [0.2, 0.25) is 0 Å². The third-order valence-corrected chi connectivity index (χ3v) is 3.31. The van der Waals surface area contributed by atoms with Gasteiger partial charge in [-0.05, 0) is 6.07 Å². The highest BCUT2D eigenvalue weighted by molar-refractivity contribution is 7.91. The number of aromatic nitrogens is 1. The lowest BCUT2D eigenvalue weighted by molar-refractivity contribution is 0.602. The monoisotopic (exact) mass is 223 g/mol. The van der Waals surface area contributed by atoms with Gasteiger partial charge in [-0.15, -0.1) is 0 Å². The van der Waals surface area contributed by atoms with Crippen LogP contribution in [0.3, 0.4) is 0 Å². The van der Waals surface area contributed by atoms with Gasteiger partial charge in [-0.25, -0.2) is 8.42 Å². The summed E-state index contributed by atoms with van der Waals surface area (Å²) in [5, 5.41) is 0.851. The van der Waals surface area contributed by atoms with Crippen molar-refractivity contribution in [2.45, 2.75) is 4.90 Å². The Balaban J connectivity index is 3.03. The molecule has 0 atom stereocenters. The molecule has 0 radical (unpaired) electrons. The van der Waals surface area contributed by atoms with E-state index in [-0.39, 0.29) is 10.5 Å². The molecule has 4 nitrogen and oxygen atoms in total. The molecular weight excluding hydrogens is 214 g/mol. The molecule has 15 heavy (non-hydrogen) atoms. The summed E-state index contributed by atoms with van der Waals surface area (Å²) in [6.07, 6.45) is 2.35. The molecule has 1 aromatic carbocycles. The molecule has 2 rings (SSSR count). The van der Waals surface area contributed by atoms with Gasteiger partial charge in [0.15, 0.2) is 9.84 Å². The van der Waals surface area contributed by atoms with Crippen LogP contribution in [0.4, 0.5) is 0 Å². The lowest BCUT2D eigenvalue weighted by Crippen LogP contribution is -2.09. The molecule has 0 aliphatic rings. The molecule has 0 saturated heterocycles. The van der Waals surface area contributed by atoms with Crippen LogP contribution in [-0.4, -0.2) is 19.7 Å². The number of rotatable bonds is 1. The SMILES string of the molecule is CS(=O)(=O)c1c[nH]c(=O)c2ccccc12. The number of hydrogen-bond donors (Lipinski definition) is 1. The van der Waals surface area contributed by atoms with E-state index in [9.17, 15) is 13.2 Å². The van der Waals surface area contributed by atoms with Crippen molar-refractivity contribution in [2.24, 2.45) is 0 Å². The average molecular weight is 223 g/mol. The second-order valence-electron chi connectivity index (χ2n) is 3.30. The topological polar surface area (TPSA) is 67.0 Å². The summed E-state index contributed by atoms with van der Waals surface area (Å²) < 4.78 is 22.9. The maximum atomic E-state index is 11.4. The van der Waals surface area contributed by atoms with Gasteiger partial charge in [-0.2, -0.15) is 0 Å². The zero-order valence-electron chi connectivity index (χ0n) is 8.02. The number of hydrogen-bond acceptors (Lipinski definition) is 3. The van der Waals surface area contributed by atoms with Gasteiger partial charge in [0, 0.05) is 23.2 Å². The minimum Gasteiger partial charge on any atom is -0.327 e. The Morgan fingerprint density at radius 3 is 2.33 bits per heavy atom. The first-order chi connectivity index (χ1) is 7.00. The Morgan fingerprint density at radius 1 is 1.13 bits per heavy atom. The van der Waals surface area contributed by atoms with Crippen LogP contribution in [0.2, 0.25) is 0 Å². The molecule has 1 N–H and O–H groups in total. The first-order valence-corrected chi connectivity index (χ1v) is 6.20. The molecule has 1 aromatic heterocycles. The third kappa shape index (κ3) is 1.66. The van der Waals surface area contributed by atoms with Gasteiger partial charge in [-0.1, -0.05) is 18.2 Å². The molecule has 0 spiro atoms. The van der Waals surface area contributed by atoms with Gasteiger partial charge in [0.05, 0.1) is 4.90 Å². The van der Waals surface area contributed by atoms with E-state index in [2.05, 4.69) is 4.98 Å². The molecule has 0 aliphatic heterocycles. The molecular formula is C10H9NO3S. The fraction of sp³-hybridized carbons (Fsp3) is 0.100. The number of benzene rings is 1. The van der Waals surface area contributed by atoms with E-state index in [0.717, 1.165) is 6.26 Å². The van der Waals surface area contributed by atoms with Crippen LogP contribution in [0.25, 0.3) is 10.8 Å². The average Bonchev–Trinajstić information content (AvgIpc) is 2.17. The quantitative estimate of drug-likeness (QED) is 0.782. The maximum absolute atomic E-state index is 11.4. The second kappa shape index (κ2) is 3.20. The molecule has 1 heterocycles. The van der Waals surface area contributed by atoms with Gasteiger partial charge in [0.1, 0.15) is 0 Å². The van der Waals surface area contributed by atoms with Crippen molar-refractivity contribution < 1.29 is 8.42 Å². The van der Waals surface area contributed by atoms with Gasteiger partial charge < -0.3 is 4.98 Å². The van der Waals surface area contributed by atoms with E-state index < -0.39 is 9.84 Å². The first-order valence-electron chi connectivity index (χ1n) is 4.30. The van der Waals surface area contributed by atoms with Crippen molar-refractivity contribution in [3.63, 3.8) is 0 Å². The van der Waals surface area contributed by atoms with Gasteiger partial charge in [-0.3, -0.25) is 4.79 Å². The lowest BCUT2D eigenvalue weighted by atomic mass is 10.2. The smallest absolute Gasteiger partial charge is 0.255 e. The Kier molecular flexibility index (Phi) is 2.12. The summed E-state index contributed by atoms with van der Waals surface area (Å²) in [6, 6.07) is 6.63. The van der Waals surface area contributed by atoms with E-state index in [0.29, 0.717) is 10.8 Å². The number of sulfone groups is 1. The highest BCUT2D eigenvalue weighted by atomic mass is 32.2. The van der Waals surface area contributed by atoms with E-state index in [1.165, 1.54) is 6.20 Å². The van der Waals surface area contributed by atoms with Gasteiger partial charge in [0.25, 0.3) is 5.56 Å². The fourth-order valence-corrected chi connectivity index (χ4v) is 2.34. The van der Waals surface area contributed by atoms with Crippen LogP contribution in [0.5, 0.6) is 0 Å². The van der Waals surface area contributed by atoms with Crippen LogP contribution < -0.4 is 5.56 Å². The largest absolute Gasteiger partial charge is 0.327 e. The molecule has 78 valence electrons. The van der Waals surface area contributed by atoms with E-state index in [1.54, 1.807) is 24.3 Å². The van der Waals surface area contributed by atoms with Crippen molar-refractivity contribution in [1.82, 2.24) is 4.98 Å². The number of H-pyrrole nitrogens is 1. The summed E-state index contributed by atoms with van der Waals surface area (Å²) >= 11 is 0. The highest BCUT2D eigenvalue weighted by Gasteiger charge is 2.12. The van der Waals surface area contributed by atoms with Crippen molar-refractivity contribution in [2.75, 3.05) is 6.26 Å². The zero-order valence-corrected chi connectivity index (χ0v) is 8.84. The predicted octanol–water partition coefficient (Wildman–Crippen LogP) is 0.932.